The highest BCUT2D eigenvalue weighted by molar-refractivity contribution is 6.22. The number of fused-ring (bicyclic) bond motifs is 1. The van der Waals surface area contributed by atoms with Gasteiger partial charge in [-0.3, -0.25) is 9.55 Å². The molecule has 4 rings (SSSR count). The van der Waals surface area contributed by atoms with Gasteiger partial charge in [-0.05, 0) is 18.6 Å². The summed E-state index contributed by atoms with van der Waals surface area (Å²) in [6.45, 7) is 0. The summed E-state index contributed by atoms with van der Waals surface area (Å²) in [5, 5.41) is -0.349. The van der Waals surface area contributed by atoms with E-state index in [2.05, 4.69) is 19.9 Å². The molecule has 0 fully saturated rings. The summed E-state index contributed by atoms with van der Waals surface area (Å²) in [5.41, 5.74) is 2.52. The molecule has 1 atom stereocenters. The third kappa shape index (κ3) is 2.84. The van der Waals surface area contributed by atoms with Gasteiger partial charge >= 0.3 is 0 Å². The third-order valence-electron chi connectivity index (χ3n) is 4.10. The van der Waals surface area contributed by atoms with E-state index >= 15 is 0 Å². The molecular formula is C18H16ClFN6. The monoisotopic (exact) mass is 370 g/mol. The Hall–Kier alpha value is -2.80. The van der Waals surface area contributed by atoms with Crippen LogP contribution >= 0.6 is 11.6 Å². The second-order valence-electron chi connectivity index (χ2n) is 6.16. The molecule has 26 heavy (non-hydrogen) atoms. The molecule has 0 saturated heterocycles. The van der Waals surface area contributed by atoms with Gasteiger partial charge in [0.1, 0.15) is 11.7 Å². The van der Waals surface area contributed by atoms with Gasteiger partial charge in [0.25, 0.3) is 0 Å². The van der Waals surface area contributed by atoms with Crippen molar-refractivity contribution in [1.29, 1.82) is 0 Å². The van der Waals surface area contributed by atoms with E-state index in [-0.39, 0.29) is 11.2 Å². The number of rotatable bonds is 3. The van der Waals surface area contributed by atoms with E-state index in [4.69, 9.17) is 11.6 Å². The highest BCUT2D eigenvalue weighted by atomic mass is 35.5. The Kier molecular flexibility index (Phi) is 4.16. The minimum Gasteiger partial charge on any atom is -0.347 e. The molecule has 0 saturated carbocycles. The fourth-order valence-electron chi connectivity index (χ4n) is 2.86. The first-order valence-corrected chi connectivity index (χ1v) is 8.52. The van der Waals surface area contributed by atoms with Crippen LogP contribution in [0.3, 0.4) is 0 Å². The second-order valence-corrected chi connectivity index (χ2v) is 6.72. The van der Waals surface area contributed by atoms with Gasteiger partial charge < -0.3 is 4.90 Å². The minimum absolute atomic E-state index is 0.349. The van der Waals surface area contributed by atoms with E-state index in [0.717, 1.165) is 0 Å². The van der Waals surface area contributed by atoms with Crippen molar-refractivity contribution in [2.75, 3.05) is 19.0 Å². The first-order valence-electron chi connectivity index (χ1n) is 8.09. The summed E-state index contributed by atoms with van der Waals surface area (Å²) in [5.74, 6) is 0.763. The summed E-state index contributed by atoms with van der Waals surface area (Å²) in [6, 6.07) is 1.79. The first kappa shape index (κ1) is 16.7. The number of pyridine rings is 1. The predicted molar refractivity (Wildman–Crippen MR) is 101 cm³/mol. The van der Waals surface area contributed by atoms with Crippen LogP contribution in [0.5, 0.6) is 0 Å². The van der Waals surface area contributed by atoms with Crippen LogP contribution < -0.4 is 4.90 Å². The Morgan fingerprint density at radius 2 is 2.00 bits per heavy atom. The lowest BCUT2D eigenvalue weighted by atomic mass is 10.1. The van der Waals surface area contributed by atoms with Crippen LogP contribution in [0.4, 0.5) is 10.3 Å². The van der Waals surface area contributed by atoms with Gasteiger partial charge in [-0.2, -0.15) is 0 Å². The summed E-state index contributed by atoms with van der Waals surface area (Å²) in [6.07, 6.45) is 10.4. The number of alkyl halides is 1. The SMILES string of the molecule is CN(C)c1ncc(-c2nc3ccncc3n2C2=CCC(Cl)C=C2F)cn1. The number of imidazole rings is 1. The van der Waals surface area contributed by atoms with Crippen LogP contribution in [0.25, 0.3) is 28.1 Å². The van der Waals surface area contributed by atoms with E-state index in [1.807, 2.05) is 19.0 Å². The largest absolute Gasteiger partial charge is 0.347 e. The molecule has 3 aromatic heterocycles. The molecule has 3 heterocycles. The first-order chi connectivity index (χ1) is 12.5. The van der Waals surface area contributed by atoms with Crippen molar-refractivity contribution in [1.82, 2.24) is 24.5 Å². The predicted octanol–water partition coefficient (Wildman–Crippen LogP) is 3.66. The zero-order chi connectivity index (χ0) is 18.3. The molecule has 132 valence electrons. The number of hydrogen-bond donors (Lipinski definition) is 0. The maximum atomic E-state index is 14.7. The van der Waals surface area contributed by atoms with Crippen molar-refractivity contribution in [2.45, 2.75) is 11.8 Å². The van der Waals surface area contributed by atoms with Gasteiger partial charge in [0.15, 0.2) is 0 Å². The smallest absolute Gasteiger partial charge is 0.224 e. The highest BCUT2D eigenvalue weighted by Crippen LogP contribution is 2.34. The Bertz CT molecular complexity index is 1020. The van der Waals surface area contributed by atoms with Crippen molar-refractivity contribution in [3.05, 3.63) is 48.8 Å². The molecule has 0 radical (unpaired) electrons. The van der Waals surface area contributed by atoms with E-state index in [0.29, 0.717) is 40.5 Å². The second kappa shape index (κ2) is 6.49. The van der Waals surface area contributed by atoms with Crippen LogP contribution in [-0.2, 0) is 0 Å². The molecule has 8 heteroatoms. The Morgan fingerprint density at radius 1 is 1.23 bits per heavy atom. The maximum Gasteiger partial charge on any atom is 0.224 e. The lowest BCUT2D eigenvalue weighted by Crippen LogP contribution is -2.12. The fourth-order valence-corrected chi connectivity index (χ4v) is 3.06. The normalized spacial score (nSPS) is 17.2. The van der Waals surface area contributed by atoms with Gasteiger partial charge in [-0.1, -0.05) is 6.08 Å². The van der Waals surface area contributed by atoms with Crippen LogP contribution in [0.15, 0.2) is 48.8 Å². The highest BCUT2D eigenvalue weighted by Gasteiger charge is 2.22. The molecule has 1 unspecified atom stereocenters. The maximum absolute atomic E-state index is 14.7. The summed E-state index contributed by atoms with van der Waals surface area (Å²) < 4.78 is 16.4. The molecular weight excluding hydrogens is 355 g/mol. The molecule has 0 aliphatic heterocycles. The quantitative estimate of drug-likeness (QED) is 0.658. The summed E-state index contributed by atoms with van der Waals surface area (Å²) in [7, 11) is 3.73. The Labute approximate surface area is 154 Å². The van der Waals surface area contributed by atoms with Crippen LogP contribution in [0, 0.1) is 0 Å². The zero-order valence-electron chi connectivity index (χ0n) is 14.3. The van der Waals surface area contributed by atoms with Crippen LogP contribution in [0.1, 0.15) is 6.42 Å². The van der Waals surface area contributed by atoms with E-state index in [9.17, 15) is 4.39 Å². The van der Waals surface area contributed by atoms with Crippen molar-refractivity contribution in [3.63, 3.8) is 0 Å². The number of allylic oxidation sites excluding steroid dienone is 4. The number of nitrogens with zero attached hydrogens (tertiary/aromatic N) is 6. The van der Waals surface area contributed by atoms with Gasteiger partial charge in [0.05, 0.1) is 33.9 Å². The van der Waals surface area contributed by atoms with Crippen molar-refractivity contribution in [2.24, 2.45) is 0 Å². The molecule has 0 spiro atoms. The minimum atomic E-state index is -0.383. The molecule has 0 amide bonds. The molecule has 0 N–H and O–H groups in total. The van der Waals surface area contributed by atoms with Gasteiger partial charge in [0, 0.05) is 32.7 Å². The molecule has 1 aliphatic rings. The summed E-state index contributed by atoms with van der Waals surface area (Å²) >= 11 is 6.04. The lowest BCUT2D eigenvalue weighted by molar-refractivity contribution is 0.650. The topological polar surface area (TPSA) is 59.7 Å². The van der Waals surface area contributed by atoms with Crippen molar-refractivity contribution >= 4 is 34.3 Å². The molecule has 3 aromatic rings. The van der Waals surface area contributed by atoms with Gasteiger partial charge in [-0.15, -0.1) is 11.6 Å². The molecule has 6 nitrogen and oxygen atoms in total. The average Bonchev–Trinajstić information content (AvgIpc) is 3.01. The van der Waals surface area contributed by atoms with Crippen LogP contribution in [-0.4, -0.2) is 44.0 Å². The number of aromatic nitrogens is 5. The third-order valence-corrected chi connectivity index (χ3v) is 4.41. The summed E-state index contributed by atoms with van der Waals surface area (Å²) in [4.78, 5) is 19.3. The number of anilines is 1. The standard InChI is InChI=1S/C18H16ClFN6/c1-25(2)18-22-8-11(9-23-18)17-24-14-5-6-21-10-16(14)26(17)15-4-3-12(19)7-13(15)20/h4-10,12H,3H2,1-2H3. The van der Waals surface area contributed by atoms with Crippen LogP contribution in [0.2, 0.25) is 0 Å². The van der Waals surface area contributed by atoms with E-state index in [1.165, 1.54) is 6.08 Å². The molecule has 0 bridgehead atoms. The zero-order valence-corrected chi connectivity index (χ0v) is 15.0. The molecule has 1 aliphatic carbocycles. The average molecular weight is 371 g/mol. The number of hydrogen-bond acceptors (Lipinski definition) is 5. The van der Waals surface area contributed by atoms with Gasteiger partial charge in [0.2, 0.25) is 5.95 Å². The van der Waals surface area contributed by atoms with Crippen molar-refractivity contribution < 1.29 is 4.39 Å². The Morgan fingerprint density at radius 3 is 2.69 bits per heavy atom. The molecule has 0 aromatic carbocycles. The lowest BCUT2D eigenvalue weighted by Gasteiger charge is -2.17. The van der Waals surface area contributed by atoms with Crippen molar-refractivity contribution in [3.8, 4) is 11.4 Å². The Balaban J connectivity index is 1.91. The van der Waals surface area contributed by atoms with Gasteiger partial charge in [-0.25, -0.2) is 19.3 Å². The number of halogens is 2. The van der Waals surface area contributed by atoms with E-state index in [1.54, 1.807) is 41.5 Å². The fraction of sp³-hybridized carbons (Fsp3) is 0.222. The van der Waals surface area contributed by atoms with E-state index < -0.39 is 0 Å².